The molecule has 1 amide bonds. The van der Waals surface area contributed by atoms with E-state index < -0.39 is 11.9 Å². The Labute approximate surface area is 127 Å². The molecule has 0 aliphatic carbocycles. The van der Waals surface area contributed by atoms with Crippen LogP contribution < -0.4 is 5.32 Å². The molecule has 1 atom stereocenters. The van der Waals surface area contributed by atoms with E-state index in [1.54, 1.807) is 42.5 Å². The van der Waals surface area contributed by atoms with E-state index in [2.05, 4.69) is 5.32 Å². The molecule has 0 aliphatic heterocycles. The predicted molar refractivity (Wildman–Crippen MR) is 84.2 cm³/mol. The van der Waals surface area contributed by atoms with Crippen molar-refractivity contribution in [2.75, 3.05) is 5.32 Å². The van der Waals surface area contributed by atoms with Crippen molar-refractivity contribution in [1.29, 1.82) is 0 Å². The quantitative estimate of drug-likeness (QED) is 0.902. The second kappa shape index (κ2) is 6.10. The van der Waals surface area contributed by atoms with Gasteiger partial charge in [0.05, 0.1) is 11.5 Å². The number of carboxylic acid groups (broad SMARTS) is 1. The molecule has 110 valence electrons. The standard InChI is InChI=1S/C16H17NO3S/c1-9-11(3)21-8-14(9)15(18)17-13-6-4-5-12(7-13)10(2)16(19)20/h4-8,10H,1-3H3,(H,17,18)(H,19,20). The maximum Gasteiger partial charge on any atom is 0.310 e. The number of aryl methyl sites for hydroxylation is 1. The summed E-state index contributed by atoms with van der Waals surface area (Å²) in [5.74, 6) is -1.66. The fraction of sp³-hybridized carbons (Fsp3) is 0.250. The highest BCUT2D eigenvalue weighted by atomic mass is 32.1. The van der Waals surface area contributed by atoms with E-state index >= 15 is 0 Å². The largest absolute Gasteiger partial charge is 0.481 e. The molecule has 1 heterocycles. The van der Waals surface area contributed by atoms with Crippen molar-refractivity contribution in [3.8, 4) is 0 Å². The minimum atomic E-state index is -0.886. The number of rotatable bonds is 4. The molecule has 0 radical (unpaired) electrons. The number of nitrogens with one attached hydrogen (secondary N) is 1. The number of hydrogen-bond acceptors (Lipinski definition) is 3. The fourth-order valence-electron chi connectivity index (χ4n) is 1.96. The number of carbonyl (C=O) groups is 2. The molecule has 2 N–H and O–H groups in total. The monoisotopic (exact) mass is 303 g/mol. The average molecular weight is 303 g/mol. The van der Waals surface area contributed by atoms with Crippen molar-refractivity contribution >= 4 is 28.9 Å². The molecule has 0 bridgehead atoms. The van der Waals surface area contributed by atoms with Gasteiger partial charge >= 0.3 is 5.97 Å². The Morgan fingerprint density at radius 3 is 2.57 bits per heavy atom. The first-order chi connectivity index (χ1) is 9.90. The molecule has 1 aromatic carbocycles. The molecule has 0 spiro atoms. The number of aliphatic carboxylic acids is 1. The Bertz CT molecular complexity index is 691. The minimum absolute atomic E-state index is 0.169. The first-order valence-electron chi connectivity index (χ1n) is 6.59. The van der Waals surface area contributed by atoms with Crippen LogP contribution >= 0.6 is 11.3 Å². The van der Waals surface area contributed by atoms with Gasteiger partial charge in [0, 0.05) is 15.9 Å². The summed E-state index contributed by atoms with van der Waals surface area (Å²) < 4.78 is 0. The minimum Gasteiger partial charge on any atom is -0.481 e. The maximum absolute atomic E-state index is 12.2. The molecule has 0 saturated heterocycles. The van der Waals surface area contributed by atoms with E-state index in [1.165, 1.54) is 0 Å². The van der Waals surface area contributed by atoms with Crippen LogP contribution in [0.25, 0.3) is 0 Å². The highest BCUT2D eigenvalue weighted by molar-refractivity contribution is 7.10. The first-order valence-corrected chi connectivity index (χ1v) is 7.47. The summed E-state index contributed by atoms with van der Waals surface area (Å²) in [5.41, 5.74) is 2.91. The van der Waals surface area contributed by atoms with Gasteiger partial charge in [0.25, 0.3) is 5.91 Å². The third-order valence-electron chi connectivity index (χ3n) is 3.55. The number of benzene rings is 1. The van der Waals surface area contributed by atoms with Crippen LogP contribution in [0.4, 0.5) is 5.69 Å². The Balaban J connectivity index is 2.20. The van der Waals surface area contributed by atoms with Crippen molar-refractivity contribution in [2.45, 2.75) is 26.7 Å². The molecule has 1 unspecified atom stereocenters. The molecule has 0 fully saturated rings. The van der Waals surface area contributed by atoms with E-state index in [-0.39, 0.29) is 5.91 Å². The molecular formula is C16H17NO3S. The van der Waals surface area contributed by atoms with E-state index in [0.717, 1.165) is 10.4 Å². The lowest BCUT2D eigenvalue weighted by molar-refractivity contribution is -0.138. The molecule has 21 heavy (non-hydrogen) atoms. The van der Waals surface area contributed by atoms with Crippen LogP contribution in [0.2, 0.25) is 0 Å². The molecule has 4 nitrogen and oxygen atoms in total. The fourth-order valence-corrected chi connectivity index (χ4v) is 2.83. The van der Waals surface area contributed by atoms with Crippen LogP contribution in [0.3, 0.4) is 0 Å². The van der Waals surface area contributed by atoms with Gasteiger partial charge in [0.1, 0.15) is 0 Å². The number of carboxylic acids is 1. The third kappa shape index (κ3) is 3.31. The van der Waals surface area contributed by atoms with E-state index in [4.69, 9.17) is 5.11 Å². The van der Waals surface area contributed by atoms with Crippen LogP contribution in [0.1, 0.15) is 39.2 Å². The highest BCUT2D eigenvalue weighted by Crippen LogP contribution is 2.23. The van der Waals surface area contributed by atoms with Crippen LogP contribution in [0, 0.1) is 13.8 Å². The van der Waals surface area contributed by atoms with Crippen LogP contribution in [-0.2, 0) is 4.79 Å². The summed E-state index contributed by atoms with van der Waals surface area (Å²) >= 11 is 1.54. The Kier molecular flexibility index (Phi) is 4.43. The summed E-state index contributed by atoms with van der Waals surface area (Å²) in [6, 6.07) is 6.94. The maximum atomic E-state index is 12.2. The summed E-state index contributed by atoms with van der Waals surface area (Å²) in [4.78, 5) is 24.4. The van der Waals surface area contributed by atoms with Gasteiger partial charge in [0.2, 0.25) is 0 Å². The molecular weight excluding hydrogens is 286 g/mol. The number of anilines is 1. The number of hydrogen-bond donors (Lipinski definition) is 2. The predicted octanol–water partition coefficient (Wildman–Crippen LogP) is 3.81. The summed E-state index contributed by atoms with van der Waals surface area (Å²) in [6.07, 6.45) is 0. The van der Waals surface area contributed by atoms with E-state index in [9.17, 15) is 9.59 Å². The molecule has 1 aromatic heterocycles. The smallest absolute Gasteiger partial charge is 0.310 e. The Morgan fingerprint density at radius 1 is 1.29 bits per heavy atom. The second-order valence-electron chi connectivity index (χ2n) is 4.97. The van der Waals surface area contributed by atoms with E-state index in [1.807, 2.05) is 19.2 Å². The highest BCUT2D eigenvalue weighted by Gasteiger charge is 2.16. The molecule has 2 aromatic rings. The molecule has 0 saturated carbocycles. The SMILES string of the molecule is Cc1scc(C(=O)Nc2cccc(C(C)C(=O)O)c2)c1C. The lowest BCUT2D eigenvalue weighted by Crippen LogP contribution is -2.13. The Hall–Kier alpha value is -2.14. The van der Waals surface area contributed by atoms with Gasteiger partial charge in [-0.2, -0.15) is 0 Å². The Morgan fingerprint density at radius 2 is 2.00 bits per heavy atom. The lowest BCUT2D eigenvalue weighted by atomic mass is 10.0. The third-order valence-corrected chi connectivity index (χ3v) is 4.56. The van der Waals surface area contributed by atoms with Gasteiger partial charge < -0.3 is 10.4 Å². The topological polar surface area (TPSA) is 66.4 Å². The first kappa shape index (κ1) is 15.3. The zero-order valence-electron chi connectivity index (χ0n) is 12.1. The molecule has 2 rings (SSSR count). The van der Waals surface area contributed by atoms with Crippen molar-refractivity contribution in [2.24, 2.45) is 0 Å². The number of carbonyl (C=O) groups excluding carboxylic acids is 1. The second-order valence-corrected chi connectivity index (χ2v) is 6.05. The summed E-state index contributed by atoms with van der Waals surface area (Å²) in [7, 11) is 0. The van der Waals surface area contributed by atoms with Crippen LogP contribution in [-0.4, -0.2) is 17.0 Å². The number of thiophene rings is 1. The van der Waals surface area contributed by atoms with Gasteiger partial charge in [-0.05, 0) is 44.0 Å². The van der Waals surface area contributed by atoms with Crippen molar-refractivity contribution in [3.05, 3.63) is 51.2 Å². The zero-order chi connectivity index (χ0) is 15.6. The average Bonchev–Trinajstić information content (AvgIpc) is 2.78. The van der Waals surface area contributed by atoms with E-state index in [0.29, 0.717) is 16.8 Å². The molecule has 0 aliphatic rings. The lowest BCUT2D eigenvalue weighted by Gasteiger charge is -2.10. The van der Waals surface area contributed by atoms with Crippen LogP contribution in [0.5, 0.6) is 0 Å². The summed E-state index contributed by atoms with van der Waals surface area (Å²) in [5, 5.41) is 13.7. The van der Waals surface area contributed by atoms with Gasteiger partial charge in [-0.15, -0.1) is 11.3 Å². The number of amides is 1. The van der Waals surface area contributed by atoms with Gasteiger partial charge in [-0.1, -0.05) is 12.1 Å². The normalized spacial score (nSPS) is 12.0. The van der Waals surface area contributed by atoms with Gasteiger partial charge in [0.15, 0.2) is 0 Å². The van der Waals surface area contributed by atoms with Crippen molar-refractivity contribution in [1.82, 2.24) is 0 Å². The van der Waals surface area contributed by atoms with Crippen LogP contribution in [0.15, 0.2) is 29.6 Å². The van der Waals surface area contributed by atoms with Gasteiger partial charge in [-0.3, -0.25) is 9.59 Å². The molecule has 5 heteroatoms. The van der Waals surface area contributed by atoms with Crippen molar-refractivity contribution in [3.63, 3.8) is 0 Å². The van der Waals surface area contributed by atoms with Crippen molar-refractivity contribution < 1.29 is 14.7 Å². The summed E-state index contributed by atoms with van der Waals surface area (Å²) in [6.45, 7) is 5.52. The van der Waals surface area contributed by atoms with Gasteiger partial charge in [-0.25, -0.2) is 0 Å². The zero-order valence-corrected chi connectivity index (χ0v) is 13.0.